The largest absolute Gasteiger partial charge is 0.465 e. The lowest BCUT2D eigenvalue weighted by molar-refractivity contribution is -0.137. The Hall–Kier alpha value is -3.14. The number of amides is 2. The lowest BCUT2D eigenvalue weighted by Gasteiger charge is -2.08. The molecule has 28 heavy (non-hydrogen) atoms. The molecule has 1 aromatic carbocycles. The summed E-state index contributed by atoms with van der Waals surface area (Å²) in [5, 5.41) is 6.55. The number of thiazole rings is 1. The monoisotopic (exact) mass is 409 g/mol. The number of nitrogens with one attached hydrogen (secondary N) is 2. The van der Waals surface area contributed by atoms with Crippen molar-refractivity contribution in [3.8, 4) is 0 Å². The van der Waals surface area contributed by atoms with Crippen LogP contribution >= 0.6 is 11.3 Å². The maximum absolute atomic E-state index is 12.8. The second-order valence-corrected chi connectivity index (χ2v) is 6.62. The van der Waals surface area contributed by atoms with E-state index >= 15 is 0 Å². The van der Waals surface area contributed by atoms with E-state index in [2.05, 4.69) is 15.6 Å². The highest BCUT2D eigenvalue weighted by molar-refractivity contribution is 7.14. The van der Waals surface area contributed by atoms with Gasteiger partial charge >= 0.3 is 6.18 Å². The van der Waals surface area contributed by atoms with Gasteiger partial charge in [0.2, 0.25) is 0 Å². The zero-order valence-corrected chi connectivity index (χ0v) is 15.3. The Bertz CT molecular complexity index is 1010. The van der Waals surface area contributed by atoms with Gasteiger partial charge in [-0.15, -0.1) is 11.3 Å². The summed E-state index contributed by atoms with van der Waals surface area (Å²) in [5.41, 5.74) is -1.01. The molecule has 0 aliphatic carbocycles. The van der Waals surface area contributed by atoms with Gasteiger partial charge in [-0.25, -0.2) is 4.98 Å². The second-order valence-electron chi connectivity index (χ2n) is 5.77. The standard InChI is InChI=1S/C18H14F3N3O3S/c1-10-5-6-13(27-10)8-22-16(26)14-9-28-17(23-14)24-15(25)11-3-2-4-12(7-11)18(19,20)21/h2-7,9H,8H2,1H3,(H,22,26)(H,23,24,25). The van der Waals surface area contributed by atoms with Crippen molar-refractivity contribution in [2.75, 3.05) is 5.32 Å². The molecule has 6 nitrogen and oxygen atoms in total. The van der Waals surface area contributed by atoms with Crippen LogP contribution in [0.25, 0.3) is 0 Å². The van der Waals surface area contributed by atoms with E-state index < -0.39 is 23.6 Å². The van der Waals surface area contributed by atoms with Crippen LogP contribution in [0.4, 0.5) is 18.3 Å². The smallest absolute Gasteiger partial charge is 0.416 e. The third kappa shape index (κ3) is 4.77. The third-order valence-corrected chi connectivity index (χ3v) is 4.39. The van der Waals surface area contributed by atoms with E-state index in [1.807, 2.05) is 0 Å². The normalized spacial score (nSPS) is 11.3. The average molecular weight is 409 g/mol. The fourth-order valence-electron chi connectivity index (χ4n) is 2.28. The Balaban J connectivity index is 1.62. The SMILES string of the molecule is Cc1ccc(CNC(=O)c2csc(NC(=O)c3cccc(C(F)(F)F)c3)n2)o1. The van der Waals surface area contributed by atoms with Crippen LogP contribution in [0.1, 0.15) is 37.9 Å². The average Bonchev–Trinajstić information content (AvgIpc) is 3.28. The first kappa shape index (κ1) is 19.6. The van der Waals surface area contributed by atoms with Crippen LogP contribution in [0, 0.1) is 6.92 Å². The van der Waals surface area contributed by atoms with Crippen molar-refractivity contribution in [2.24, 2.45) is 0 Å². The molecule has 0 atom stereocenters. The number of rotatable bonds is 5. The molecule has 2 heterocycles. The number of hydrogen-bond acceptors (Lipinski definition) is 5. The highest BCUT2D eigenvalue weighted by Crippen LogP contribution is 2.29. The Kier molecular flexibility index (Phi) is 5.50. The lowest BCUT2D eigenvalue weighted by Crippen LogP contribution is -2.23. The Labute approximate surface area is 161 Å². The fraction of sp³-hybridized carbons (Fsp3) is 0.167. The Morgan fingerprint density at radius 3 is 2.64 bits per heavy atom. The van der Waals surface area contributed by atoms with E-state index in [9.17, 15) is 22.8 Å². The molecule has 2 amide bonds. The molecule has 0 spiro atoms. The third-order valence-electron chi connectivity index (χ3n) is 3.63. The van der Waals surface area contributed by atoms with Gasteiger partial charge in [0.25, 0.3) is 11.8 Å². The number of anilines is 1. The number of carbonyl (C=O) groups is 2. The second kappa shape index (κ2) is 7.85. The predicted molar refractivity (Wildman–Crippen MR) is 96.1 cm³/mol. The zero-order chi connectivity index (χ0) is 20.3. The van der Waals surface area contributed by atoms with Gasteiger partial charge < -0.3 is 9.73 Å². The van der Waals surface area contributed by atoms with Crippen LogP contribution in [0.3, 0.4) is 0 Å². The number of halogens is 3. The fourth-order valence-corrected chi connectivity index (χ4v) is 2.97. The lowest BCUT2D eigenvalue weighted by atomic mass is 10.1. The molecule has 0 saturated heterocycles. The van der Waals surface area contributed by atoms with Crippen molar-refractivity contribution in [3.05, 3.63) is 70.1 Å². The van der Waals surface area contributed by atoms with Crippen LogP contribution in [-0.4, -0.2) is 16.8 Å². The molecule has 2 aromatic heterocycles. The minimum atomic E-state index is -4.55. The summed E-state index contributed by atoms with van der Waals surface area (Å²) in [6, 6.07) is 7.54. The predicted octanol–water partition coefficient (Wildman–Crippen LogP) is 4.25. The van der Waals surface area contributed by atoms with Gasteiger partial charge in [-0.1, -0.05) is 6.07 Å². The van der Waals surface area contributed by atoms with Gasteiger partial charge in [-0.3, -0.25) is 14.9 Å². The van der Waals surface area contributed by atoms with E-state index in [0.29, 0.717) is 5.76 Å². The molecular formula is C18H14F3N3O3S. The summed E-state index contributed by atoms with van der Waals surface area (Å²) in [6.45, 7) is 1.96. The molecule has 10 heteroatoms. The molecule has 0 unspecified atom stereocenters. The first-order valence-corrected chi connectivity index (χ1v) is 8.88. The number of aryl methyl sites for hydroxylation is 1. The summed E-state index contributed by atoms with van der Waals surface area (Å²) in [6.07, 6.45) is -4.55. The molecule has 0 radical (unpaired) electrons. The number of furan rings is 1. The van der Waals surface area contributed by atoms with Crippen molar-refractivity contribution < 1.29 is 27.2 Å². The zero-order valence-electron chi connectivity index (χ0n) is 14.5. The van der Waals surface area contributed by atoms with Crippen LogP contribution in [0.5, 0.6) is 0 Å². The van der Waals surface area contributed by atoms with Crippen molar-refractivity contribution in [1.82, 2.24) is 10.3 Å². The van der Waals surface area contributed by atoms with Gasteiger partial charge in [0.15, 0.2) is 5.13 Å². The van der Waals surface area contributed by atoms with Crippen molar-refractivity contribution >= 4 is 28.3 Å². The number of aromatic nitrogens is 1. The van der Waals surface area contributed by atoms with Crippen LogP contribution < -0.4 is 10.6 Å². The topological polar surface area (TPSA) is 84.2 Å². The number of benzene rings is 1. The molecule has 0 bridgehead atoms. The highest BCUT2D eigenvalue weighted by atomic mass is 32.1. The number of alkyl halides is 3. The van der Waals surface area contributed by atoms with E-state index in [-0.39, 0.29) is 22.9 Å². The van der Waals surface area contributed by atoms with Crippen molar-refractivity contribution in [3.63, 3.8) is 0 Å². The summed E-state index contributed by atoms with van der Waals surface area (Å²) in [7, 11) is 0. The van der Waals surface area contributed by atoms with E-state index in [1.165, 1.54) is 11.4 Å². The number of hydrogen-bond donors (Lipinski definition) is 2. The molecular weight excluding hydrogens is 395 g/mol. The van der Waals surface area contributed by atoms with Gasteiger partial charge in [0.1, 0.15) is 17.2 Å². The molecule has 146 valence electrons. The molecule has 2 N–H and O–H groups in total. The van der Waals surface area contributed by atoms with Crippen LogP contribution in [0.2, 0.25) is 0 Å². The Morgan fingerprint density at radius 2 is 1.96 bits per heavy atom. The van der Waals surface area contributed by atoms with Gasteiger partial charge in [-0.2, -0.15) is 13.2 Å². The molecule has 3 aromatic rings. The van der Waals surface area contributed by atoms with Crippen LogP contribution in [0.15, 0.2) is 46.2 Å². The maximum atomic E-state index is 12.8. The van der Waals surface area contributed by atoms with Gasteiger partial charge in [0, 0.05) is 10.9 Å². The van der Waals surface area contributed by atoms with Gasteiger partial charge in [-0.05, 0) is 37.3 Å². The minimum Gasteiger partial charge on any atom is -0.465 e. The van der Waals surface area contributed by atoms with Crippen molar-refractivity contribution in [1.29, 1.82) is 0 Å². The molecule has 0 saturated carbocycles. The first-order valence-electron chi connectivity index (χ1n) is 8.00. The van der Waals surface area contributed by atoms with Crippen molar-refractivity contribution in [2.45, 2.75) is 19.6 Å². The Morgan fingerprint density at radius 1 is 1.18 bits per heavy atom. The van der Waals surface area contributed by atoms with Crippen LogP contribution in [-0.2, 0) is 12.7 Å². The maximum Gasteiger partial charge on any atom is 0.416 e. The molecule has 0 aliphatic rings. The number of carbonyl (C=O) groups excluding carboxylic acids is 2. The summed E-state index contributed by atoms with van der Waals surface area (Å²) >= 11 is 0.987. The summed E-state index contributed by atoms with van der Waals surface area (Å²) < 4.78 is 43.6. The van der Waals surface area contributed by atoms with E-state index in [0.717, 1.165) is 35.3 Å². The molecule has 3 rings (SSSR count). The summed E-state index contributed by atoms with van der Waals surface area (Å²) in [4.78, 5) is 28.2. The number of nitrogens with zero attached hydrogens (tertiary/aromatic N) is 1. The highest BCUT2D eigenvalue weighted by Gasteiger charge is 2.31. The summed E-state index contributed by atoms with van der Waals surface area (Å²) in [5.74, 6) is 0.0833. The molecule has 0 aliphatic heterocycles. The minimum absolute atomic E-state index is 0.0765. The first-order chi connectivity index (χ1) is 13.2. The quantitative estimate of drug-likeness (QED) is 0.660. The van der Waals surface area contributed by atoms with Gasteiger partial charge in [0.05, 0.1) is 12.1 Å². The van der Waals surface area contributed by atoms with E-state index in [4.69, 9.17) is 4.42 Å². The van der Waals surface area contributed by atoms with E-state index in [1.54, 1.807) is 19.1 Å². The molecule has 0 fully saturated rings.